The van der Waals surface area contributed by atoms with Crippen molar-refractivity contribution in [2.24, 2.45) is 0 Å². The molecule has 2 aromatic rings. The molecule has 1 saturated carbocycles. The van der Waals surface area contributed by atoms with Crippen molar-refractivity contribution < 1.29 is 4.79 Å². The van der Waals surface area contributed by atoms with Crippen LogP contribution in [0.15, 0.2) is 36.4 Å². The first-order valence-corrected chi connectivity index (χ1v) is 8.15. The maximum atomic E-state index is 12.1. The van der Waals surface area contributed by atoms with Gasteiger partial charge in [-0.1, -0.05) is 37.1 Å². The summed E-state index contributed by atoms with van der Waals surface area (Å²) in [4.78, 5) is 12.1. The number of rotatable bonds is 5. The Kier molecular flexibility index (Phi) is 4.86. The fraction of sp³-hybridized carbons (Fsp3) is 0.389. The van der Waals surface area contributed by atoms with Gasteiger partial charge in [-0.3, -0.25) is 4.79 Å². The van der Waals surface area contributed by atoms with Gasteiger partial charge in [0.25, 0.3) is 5.91 Å². The lowest BCUT2D eigenvalue weighted by molar-refractivity contribution is 0.0932. The number of carbonyl (C=O) groups excluding carboxylic acids is 1. The van der Waals surface area contributed by atoms with Crippen molar-refractivity contribution in [1.29, 1.82) is 0 Å². The van der Waals surface area contributed by atoms with Crippen LogP contribution in [-0.2, 0) is 6.54 Å². The molecule has 3 rings (SSSR count). The van der Waals surface area contributed by atoms with E-state index < -0.39 is 0 Å². The van der Waals surface area contributed by atoms with E-state index >= 15 is 0 Å². The number of aryl methyl sites for hydroxylation is 1. The second kappa shape index (κ2) is 7.22. The summed E-state index contributed by atoms with van der Waals surface area (Å²) in [5, 5.41) is 14.4. The molecule has 1 aliphatic carbocycles. The van der Waals surface area contributed by atoms with E-state index in [2.05, 4.69) is 39.9 Å². The molecule has 1 aromatic carbocycles. The third-order valence-corrected chi connectivity index (χ3v) is 4.31. The van der Waals surface area contributed by atoms with Crippen molar-refractivity contribution in [3.05, 3.63) is 53.2 Å². The number of nitrogens with zero attached hydrogens (tertiary/aromatic N) is 2. The molecule has 5 nitrogen and oxygen atoms in total. The van der Waals surface area contributed by atoms with Gasteiger partial charge in [0, 0.05) is 12.6 Å². The summed E-state index contributed by atoms with van der Waals surface area (Å²) in [6.07, 6.45) is 4.52. The van der Waals surface area contributed by atoms with Gasteiger partial charge >= 0.3 is 0 Å². The van der Waals surface area contributed by atoms with Crippen LogP contribution in [0.1, 0.15) is 47.3 Å². The minimum atomic E-state index is -0.130. The van der Waals surface area contributed by atoms with Crippen molar-refractivity contribution in [1.82, 2.24) is 15.5 Å². The summed E-state index contributed by atoms with van der Waals surface area (Å²) in [5.41, 5.74) is 2.83. The molecule has 0 radical (unpaired) electrons. The van der Waals surface area contributed by atoms with Crippen molar-refractivity contribution in [2.45, 2.75) is 45.2 Å². The lowest BCUT2D eigenvalue weighted by Crippen LogP contribution is -2.33. The number of hydrogen-bond donors (Lipinski definition) is 2. The maximum Gasteiger partial charge on any atom is 0.272 e. The van der Waals surface area contributed by atoms with E-state index in [0.717, 1.165) is 12.8 Å². The first kappa shape index (κ1) is 15.5. The Morgan fingerprint density at radius 1 is 1.13 bits per heavy atom. The Bertz CT molecular complexity index is 663. The summed E-state index contributed by atoms with van der Waals surface area (Å²) in [6.45, 7) is 2.77. The minimum absolute atomic E-state index is 0.130. The summed E-state index contributed by atoms with van der Waals surface area (Å²) in [6, 6.07) is 12.0. The smallest absolute Gasteiger partial charge is 0.272 e. The van der Waals surface area contributed by atoms with Crippen LogP contribution in [0.4, 0.5) is 5.82 Å². The molecule has 0 bridgehead atoms. The van der Waals surface area contributed by atoms with Gasteiger partial charge in [0.2, 0.25) is 0 Å². The Labute approximate surface area is 136 Å². The number of carbonyl (C=O) groups is 1. The molecular weight excluding hydrogens is 288 g/mol. The molecule has 0 unspecified atom stereocenters. The van der Waals surface area contributed by atoms with E-state index in [1.165, 1.54) is 24.0 Å². The molecule has 1 aromatic heterocycles. The Morgan fingerprint density at radius 3 is 2.61 bits per heavy atom. The Balaban J connectivity index is 1.56. The van der Waals surface area contributed by atoms with Crippen LogP contribution in [0.2, 0.25) is 0 Å². The van der Waals surface area contributed by atoms with Gasteiger partial charge in [-0.15, -0.1) is 10.2 Å². The number of nitrogens with one attached hydrogen (secondary N) is 2. The fourth-order valence-corrected chi connectivity index (χ4v) is 2.87. The van der Waals surface area contributed by atoms with E-state index in [-0.39, 0.29) is 5.91 Å². The van der Waals surface area contributed by atoms with Crippen molar-refractivity contribution in [3.63, 3.8) is 0 Å². The van der Waals surface area contributed by atoms with Gasteiger partial charge in [-0.05, 0) is 43.0 Å². The van der Waals surface area contributed by atoms with E-state index in [1.54, 1.807) is 12.1 Å². The molecule has 2 N–H and O–H groups in total. The number of amides is 1. The Hall–Kier alpha value is -2.43. The molecule has 1 fully saturated rings. The highest BCUT2D eigenvalue weighted by atomic mass is 16.2. The quantitative estimate of drug-likeness (QED) is 0.890. The lowest BCUT2D eigenvalue weighted by atomic mass is 10.1. The number of aromatic nitrogens is 2. The van der Waals surface area contributed by atoms with E-state index in [4.69, 9.17) is 0 Å². The molecule has 5 heteroatoms. The van der Waals surface area contributed by atoms with Gasteiger partial charge in [0.15, 0.2) is 5.69 Å². The van der Waals surface area contributed by atoms with Crippen LogP contribution in [-0.4, -0.2) is 22.1 Å². The lowest BCUT2D eigenvalue weighted by Gasteiger charge is -2.11. The number of anilines is 1. The van der Waals surface area contributed by atoms with Crippen LogP contribution in [0.25, 0.3) is 0 Å². The van der Waals surface area contributed by atoms with Crippen molar-refractivity contribution in [2.75, 3.05) is 5.32 Å². The maximum absolute atomic E-state index is 12.1. The highest BCUT2D eigenvalue weighted by molar-refractivity contribution is 5.92. The van der Waals surface area contributed by atoms with Crippen molar-refractivity contribution in [3.8, 4) is 0 Å². The first-order chi connectivity index (χ1) is 11.2. The molecule has 1 amide bonds. The molecule has 0 spiro atoms. The van der Waals surface area contributed by atoms with Gasteiger partial charge in [-0.25, -0.2) is 0 Å². The average Bonchev–Trinajstić information content (AvgIpc) is 3.07. The van der Waals surface area contributed by atoms with Crippen LogP contribution in [0.5, 0.6) is 0 Å². The zero-order valence-corrected chi connectivity index (χ0v) is 13.4. The van der Waals surface area contributed by atoms with Crippen molar-refractivity contribution >= 4 is 11.7 Å². The van der Waals surface area contributed by atoms with E-state index in [9.17, 15) is 4.79 Å². The third kappa shape index (κ3) is 4.06. The average molecular weight is 310 g/mol. The molecule has 120 valence electrons. The minimum Gasteiger partial charge on any atom is -0.364 e. The summed E-state index contributed by atoms with van der Waals surface area (Å²) in [5.74, 6) is 0.542. The Morgan fingerprint density at radius 2 is 1.91 bits per heavy atom. The van der Waals surface area contributed by atoms with Gasteiger partial charge in [0.1, 0.15) is 5.82 Å². The predicted molar refractivity (Wildman–Crippen MR) is 90.3 cm³/mol. The molecule has 0 aliphatic heterocycles. The van der Waals surface area contributed by atoms with E-state index in [1.807, 2.05) is 12.1 Å². The largest absolute Gasteiger partial charge is 0.364 e. The molecule has 1 heterocycles. The highest BCUT2D eigenvalue weighted by Gasteiger charge is 2.18. The second-order valence-electron chi connectivity index (χ2n) is 6.04. The number of benzene rings is 1. The molecule has 0 atom stereocenters. The summed E-state index contributed by atoms with van der Waals surface area (Å²) in [7, 11) is 0. The standard InChI is InChI=1S/C18H22N4O/c1-13-6-2-3-7-14(13)12-19-17-11-10-16(21-22-17)18(23)20-15-8-4-5-9-15/h2-3,6-7,10-11,15H,4-5,8-9,12H2,1H3,(H,19,22)(H,20,23). The van der Waals surface area contributed by atoms with Gasteiger partial charge in [-0.2, -0.15) is 0 Å². The van der Waals surface area contributed by atoms with Crippen LogP contribution >= 0.6 is 0 Å². The predicted octanol–water partition coefficient (Wildman–Crippen LogP) is 3.07. The first-order valence-electron chi connectivity index (χ1n) is 8.15. The summed E-state index contributed by atoms with van der Waals surface area (Å²) < 4.78 is 0. The van der Waals surface area contributed by atoms with Crippen LogP contribution in [0.3, 0.4) is 0 Å². The van der Waals surface area contributed by atoms with Crippen LogP contribution < -0.4 is 10.6 Å². The molecule has 23 heavy (non-hydrogen) atoms. The topological polar surface area (TPSA) is 66.9 Å². The molecule has 0 saturated heterocycles. The highest BCUT2D eigenvalue weighted by Crippen LogP contribution is 2.18. The zero-order chi connectivity index (χ0) is 16.1. The van der Waals surface area contributed by atoms with E-state index in [0.29, 0.717) is 24.1 Å². The fourth-order valence-electron chi connectivity index (χ4n) is 2.87. The monoisotopic (exact) mass is 310 g/mol. The SMILES string of the molecule is Cc1ccccc1CNc1ccc(C(=O)NC2CCCC2)nn1. The molecule has 1 aliphatic rings. The van der Waals surface area contributed by atoms with Gasteiger partial charge in [0.05, 0.1) is 0 Å². The number of hydrogen-bond acceptors (Lipinski definition) is 4. The third-order valence-electron chi connectivity index (χ3n) is 4.31. The summed E-state index contributed by atoms with van der Waals surface area (Å²) >= 11 is 0. The zero-order valence-electron chi connectivity index (χ0n) is 13.4. The van der Waals surface area contributed by atoms with Gasteiger partial charge < -0.3 is 10.6 Å². The molecular formula is C18H22N4O. The van der Waals surface area contributed by atoms with Crippen LogP contribution in [0, 0.1) is 6.92 Å². The second-order valence-corrected chi connectivity index (χ2v) is 6.04. The normalized spacial score (nSPS) is 14.7.